The van der Waals surface area contributed by atoms with Gasteiger partial charge in [0.05, 0.1) is 36.5 Å². The second-order valence-electron chi connectivity index (χ2n) is 7.50. The highest BCUT2D eigenvalue weighted by atomic mass is 16.5. The van der Waals surface area contributed by atoms with Gasteiger partial charge in [-0.15, -0.1) is 0 Å². The summed E-state index contributed by atoms with van der Waals surface area (Å²) in [6.07, 6.45) is 6.03. The first-order valence-electron chi connectivity index (χ1n) is 10.2. The Balaban J connectivity index is 1.57. The fourth-order valence-electron chi connectivity index (χ4n) is 3.88. The Labute approximate surface area is 176 Å². The Kier molecular flexibility index (Phi) is 6.47. The molecule has 3 N–H and O–H groups in total. The molecule has 6 nitrogen and oxygen atoms in total. The van der Waals surface area contributed by atoms with Crippen molar-refractivity contribution in [1.29, 1.82) is 0 Å². The van der Waals surface area contributed by atoms with Crippen LogP contribution in [0.2, 0.25) is 0 Å². The molecule has 2 heterocycles. The van der Waals surface area contributed by atoms with Crippen LogP contribution in [0.3, 0.4) is 0 Å². The largest absolute Gasteiger partial charge is 0.394 e. The molecule has 1 aliphatic rings. The second kappa shape index (κ2) is 9.61. The summed E-state index contributed by atoms with van der Waals surface area (Å²) in [6, 6.07) is 18.8. The van der Waals surface area contributed by atoms with Gasteiger partial charge >= 0.3 is 0 Å². The van der Waals surface area contributed by atoms with Gasteiger partial charge in [-0.3, -0.25) is 0 Å². The molecule has 30 heavy (non-hydrogen) atoms. The Morgan fingerprint density at radius 2 is 1.73 bits per heavy atom. The van der Waals surface area contributed by atoms with Gasteiger partial charge < -0.3 is 15.6 Å². The summed E-state index contributed by atoms with van der Waals surface area (Å²) in [5.41, 5.74) is 11.3. The van der Waals surface area contributed by atoms with Gasteiger partial charge in [0.15, 0.2) is 0 Å². The van der Waals surface area contributed by atoms with Crippen molar-refractivity contribution in [2.45, 2.75) is 37.9 Å². The maximum Gasteiger partial charge on any atom is 0.116 e. The van der Waals surface area contributed by atoms with Gasteiger partial charge in [-0.1, -0.05) is 54.6 Å². The maximum absolute atomic E-state index is 9.31. The third-order valence-corrected chi connectivity index (χ3v) is 5.40. The highest BCUT2D eigenvalue weighted by Crippen LogP contribution is 2.33. The minimum Gasteiger partial charge on any atom is -0.394 e. The quantitative estimate of drug-likeness (QED) is 0.466. The molecular weight excluding hydrogens is 376 g/mol. The zero-order valence-electron chi connectivity index (χ0n) is 16.8. The van der Waals surface area contributed by atoms with Crippen LogP contribution in [0, 0.1) is 0 Å². The van der Waals surface area contributed by atoms with Crippen molar-refractivity contribution in [3.63, 3.8) is 0 Å². The molecular formula is C24H26N4O2. The molecule has 6 heteroatoms. The maximum atomic E-state index is 9.31. The van der Waals surface area contributed by atoms with Gasteiger partial charge in [-0.2, -0.15) is 0 Å². The van der Waals surface area contributed by atoms with Gasteiger partial charge in [0.2, 0.25) is 0 Å². The number of ether oxygens (including phenoxy) is 1. The van der Waals surface area contributed by atoms with E-state index in [2.05, 4.69) is 63.5 Å². The van der Waals surface area contributed by atoms with Crippen LogP contribution in [-0.2, 0) is 17.6 Å². The van der Waals surface area contributed by atoms with Crippen molar-refractivity contribution in [2.24, 2.45) is 10.7 Å². The summed E-state index contributed by atoms with van der Waals surface area (Å²) >= 11 is 0. The Morgan fingerprint density at radius 3 is 2.43 bits per heavy atom. The van der Waals surface area contributed by atoms with Crippen molar-refractivity contribution >= 4 is 12.0 Å². The van der Waals surface area contributed by atoms with Gasteiger partial charge in [0.1, 0.15) is 12.0 Å². The van der Waals surface area contributed by atoms with E-state index in [4.69, 9.17) is 10.5 Å². The first-order chi connectivity index (χ1) is 14.8. The van der Waals surface area contributed by atoms with E-state index in [0.717, 1.165) is 36.2 Å². The lowest BCUT2D eigenvalue weighted by Gasteiger charge is -2.14. The van der Waals surface area contributed by atoms with Crippen LogP contribution in [-0.4, -0.2) is 40.2 Å². The third kappa shape index (κ3) is 4.72. The number of hydrogen-bond acceptors (Lipinski definition) is 5. The number of nitrogens with zero attached hydrogens (tertiary/aromatic N) is 3. The first-order valence-corrected chi connectivity index (χ1v) is 10.2. The number of rotatable bonds is 7. The lowest BCUT2D eigenvalue weighted by Crippen LogP contribution is -2.17. The van der Waals surface area contributed by atoms with E-state index in [-0.39, 0.29) is 18.8 Å². The smallest absolute Gasteiger partial charge is 0.116 e. The summed E-state index contributed by atoms with van der Waals surface area (Å²) in [5.74, 6) is 0. The van der Waals surface area contributed by atoms with Crippen LogP contribution in [0.4, 0.5) is 5.69 Å². The van der Waals surface area contributed by atoms with E-state index in [1.54, 1.807) is 6.33 Å². The molecule has 1 aliphatic heterocycles. The minimum atomic E-state index is -0.0880. The molecule has 0 aliphatic carbocycles. The van der Waals surface area contributed by atoms with Crippen LogP contribution in [0.15, 0.2) is 65.9 Å². The molecule has 1 saturated heterocycles. The second-order valence-corrected chi connectivity index (χ2v) is 7.50. The van der Waals surface area contributed by atoms with E-state index >= 15 is 0 Å². The highest BCUT2D eigenvalue weighted by molar-refractivity contribution is 5.76. The highest BCUT2D eigenvalue weighted by Gasteiger charge is 2.26. The van der Waals surface area contributed by atoms with Crippen LogP contribution in [0.5, 0.6) is 0 Å². The summed E-state index contributed by atoms with van der Waals surface area (Å²) in [4.78, 5) is 13.3. The number of hydrogen-bond donors (Lipinski definition) is 2. The normalized spacial score (nSPS) is 18.8. The number of nitrogens with two attached hydrogens (primary N) is 1. The lowest BCUT2D eigenvalue weighted by atomic mass is 10.0. The summed E-state index contributed by atoms with van der Waals surface area (Å²) in [6.45, 7) is 0.0503. The fraction of sp³-hybridized carbons (Fsp3) is 0.292. The van der Waals surface area contributed by atoms with Crippen LogP contribution in [0.1, 0.15) is 29.7 Å². The molecule has 1 aromatic heterocycles. The first kappa shape index (κ1) is 20.2. The Morgan fingerprint density at radius 1 is 1.00 bits per heavy atom. The molecule has 0 spiro atoms. The van der Waals surface area contributed by atoms with Crippen LogP contribution >= 0.6 is 0 Å². The number of aliphatic hydroxyl groups is 1. The third-order valence-electron chi connectivity index (χ3n) is 5.40. The molecule has 2 unspecified atom stereocenters. The van der Waals surface area contributed by atoms with E-state index in [1.165, 1.54) is 17.5 Å². The number of aromatic nitrogens is 2. The summed E-state index contributed by atoms with van der Waals surface area (Å²) in [7, 11) is 0. The average molecular weight is 402 g/mol. The van der Waals surface area contributed by atoms with Crippen molar-refractivity contribution in [2.75, 3.05) is 6.61 Å². The molecule has 2 atom stereocenters. The fourth-order valence-corrected chi connectivity index (χ4v) is 3.88. The molecule has 3 aromatic rings. The van der Waals surface area contributed by atoms with Gasteiger partial charge in [-0.25, -0.2) is 15.0 Å². The zero-order chi connectivity index (χ0) is 20.8. The molecule has 1 fully saturated rings. The molecule has 0 bridgehead atoms. The minimum absolute atomic E-state index is 0.0184. The van der Waals surface area contributed by atoms with E-state index in [1.807, 2.05) is 6.07 Å². The SMILES string of the molecule is NC=Nc1c(CC2CCC(CO)O2)ncnc1-c1ccc(Cc2ccccc2)cc1. The van der Waals surface area contributed by atoms with Crippen molar-refractivity contribution < 1.29 is 9.84 Å². The van der Waals surface area contributed by atoms with Gasteiger partial charge in [0, 0.05) is 12.0 Å². The number of aliphatic imine (C=N–C) groups is 1. The predicted octanol–water partition coefficient (Wildman–Crippen LogP) is 3.44. The number of benzene rings is 2. The van der Waals surface area contributed by atoms with Crippen LogP contribution in [0.25, 0.3) is 11.3 Å². The van der Waals surface area contributed by atoms with Crippen molar-refractivity contribution in [3.8, 4) is 11.3 Å². The summed E-state index contributed by atoms with van der Waals surface area (Å²) in [5, 5.41) is 9.31. The monoisotopic (exact) mass is 402 g/mol. The average Bonchev–Trinajstić information content (AvgIpc) is 3.24. The Hall–Kier alpha value is -3.09. The molecule has 4 rings (SSSR count). The van der Waals surface area contributed by atoms with Gasteiger partial charge in [0.25, 0.3) is 0 Å². The van der Waals surface area contributed by atoms with Crippen molar-refractivity contribution in [3.05, 3.63) is 77.7 Å². The Bertz CT molecular complexity index is 990. The van der Waals surface area contributed by atoms with Crippen molar-refractivity contribution in [1.82, 2.24) is 9.97 Å². The van der Waals surface area contributed by atoms with Crippen LogP contribution < -0.4 is 5.73 Å². The standard InChI is InChI=1S/C24H26N4O2/c25-15-26-24-22(13-20-10-11-21(14-29)30-20)27-16-28-23(24)19-8-6-18(7-9-19)12-17-4-2-1-3-5-17/h1-9,15-16,20-21,29H,10-14H2,(H2,25,26). The predicted molar refractivity (Wildman–Crippen MR) is 118 cm³/mol. The molecule has 154 valence electrons. The topological polar surface area (TPSA) is 93.6 Å². The lowest BCUT2D eigenvalue weighted by molar-refractivity contribution is 0.0119. The van der Waals surface area contributed by atoms with E-state index < -0.39 is 0 Å². The van der Waals surface area contributed by atoms with Gasteiger partial charge in [-0.05, 0) is 30.4 Å². The van der Waals surface area contributed by atoms with E-state index in [0.29, 0.717) is 12.1 Å². The molecule has 2 aromatic carbocycles. The number of aliphatic hydroxyl groups excluding tert-OH is 1. The molecule has 0 amide bonds. The molecule has 0 saturated carbocycles. The summed E-state index contributed by atoms with van der Waals surface area (Å²) < 4.78 is 5.87. The zero-order valence-corrected chi connectivity index (χ0v) is 16.8. The molecule has 0 radical (unpaired) electrons. The van der Waals surface area contributed by atoms with E-state index in [9.17, 15) is 5.11 Å².